The maximum absolute atomic E-state index is 12.1. The Kier molecular flexibility index (Phi) is 3.77. The standard InChI is InChI=1S/C13H17N5OS/c1-10-15-16-12(20-10)9-18-13(19)7-11(8-14-18)17-5-3-2-4-6-17/h7-8H,2-6,9H2,1H3. The van der Waals surface area contributed by atoms with Crippen LogP contribution in [-0.2, 0) is 6.54 Å². The Hall–Kier alpha value is -1.76. The third kappa shape index (κ3) is 2.87. The van der Waals surface area contributed by atoms with Crippen LogP contribution in [0, 0.1) is 6.92 Å². The van der Waals surface area contributed by atoms with E-state index in [9.17, 15) is 4.79 Å². The van der Waals surface area contributed by atoms with Gasteiger partial charge < -0.3 is 4.90 Å². The molecule has 0 radical (unpaired) electrons. The summed E-state index contributed by atoms with van der Waals surface area (Å²) in [5.74, 6) is 0. The van der Waals surface area contributed by atoms with Gasteiger partial charge in [-0.05, 0) is 26.2 Å². The predicted molar refractivity (Wildman–Crippen MR) is 78.3 cm³/mol. The molecule has 0 N–H and O–H groups in total. The molecule has 1 fully saturated rings. The Balaban J connectivity index is 1.78. The zero-order valence-electron chi connectivity index (χ0n) is 11.4. The van der Waals surface area contributed by atoms with Crippen LogP contribution in [0.1, 0.15) is 29.3 Å². The first-order valence-corrected chi connectivity index (χ1v) is 7.65. The molecule has 106 valence electrons. The first-order chi connectivity index (χ1) is 9.72. The zero-order valence-corrected chi connectivity index (χ0v) is 12.3. The van der Waals surface area contributed by atoms with Gasteiger partial charge in [-0.25, -0.2) is 4.68 Å². The fourth-order valence-corrected chi connectivity index (χ4v) is 3.09. The average molecular weight is 291 g/mol. The van der Waals surface area contributed by atoms with E-state index >= 15 is 0 Å². The predicted octanol–water partition coefficient (Wildman–Crippen LogP) is 1.44. The number of hydrogen-bond acceptors (Lipinski definition) is 6. The highest BCUT2D eigenvalue weighted by Crippen LogP contribution is 2.17. The molecular weight excluding hydrogens is 274 g/mol. The molecule has 0 unspecified atom stereocenters. The largest absolute Gasteiger partial charge is 0.370 e. The van der Waals surface area contributed by atoms with Gasteiger partial charge in [-0.15, -0.1) is 10.2 Å². The molecule has 20 heavy (non-hydrogen) atoms. The van der Waals surface area contributed by atoms with Gasteiger partial charge in [0, 0.05) is 19.2 Å². The second-order valence-electron chi connectivity index (χ2n) is 4.97. The number of anilines is 1. The maximum Gasteiger partial charge on any atom is 0.269 e. The van der Waals surface area contributed by atoms with Crippen LogP contribution in [0.4, 0.5) is 5.69 Å². The molecule has 1 aliphatic rings. The number of aryl methyl sites for hydroxylation is 1. The summed E-state index contributed by atoms with van der Waals surface area (Å²) in [6, 6.07) is 1.67. The van der Waals surface area contributed by atoms with Gasteiger partial charge in [0.2, 0.25) is 0 Å². The molecule has 0 atom stereocenters. The van der Waals surface area contributed by atoms with E-state index in [-0.39, 0.29) is 5.56 Å². The molecule has 0 aliphatic carbocycles. The Morgan fingerprint density at radius 1 is 1.25 bits per heavy atom. The lowest BCUT2D eigenvalue weighted by atomic mass is 10.1. The lowest BCUT2D eigenvalue weighted by Crippen LogP contribution is -2.32. The van der Waals surface area contributed by atoms with E-state index in [1.165, 1.54) is 35.3 Å². The number of aromatic nitrogens is 4. The molecule has 3 rings (SSSR count). The molecule has 3 heterocycles. The molecular formula is C13H17N5OS. The fraction of sp³-hybridized carbons (Fsp3) is 0.538. The second kappa shape index (κ2) is 5.70. The van der Waals surface area contributed by atoms with Crippen LogP contribution in [0.5, 0.6) is 0 Å². The SMILES string of the molecule is Cc1nnc(Cn2ncc(N3CCCCC3)cc2=O)s1. The Morgan fingerprint density at radius 2 is 2.05 bits per heavy atom. The molecule has 1 saturated heterocycles. The topological polar surface area (TPSA) is 63.9 Å². The van der Waals surface area contributed by atoms with E-state index in [1.807, 2.05) is 6.92 Å². The lowest BCUT2D eigenvalue weighted by Gasteiger charge is -2.28. The third-order valence-electron chi connectivity index (χ3n) is 3.43. The highest BCUT2D eigenvalue weighted by atomic mass is 32.1. The van der Waals surface area contributed by atoms with E-state index < -0.39 is 0 Å². The number of nitrogens with zero attached hydrogens (tertiary/aromatic N) is 5. The van der Waals surface area contributed by atoms with Crippen molar-refractivity contribution in [2.45, 2.75) is 32.7 Å². The Morgan fingerprint density at radius 3 is 2.70 bits per heavy atom. The first-order valence-electron chi connectivity index (χ1n) is 6.83. The highest BCUT2D eigenvalue weighted by molar-refractivity contribution is 7.11. The summed E-state index contributed by atoms with van der Waals surface area (Å²) in [6.45, 7) is 4.32. The molecule has 1 aliphatic heterocycles. The minimum atomic E-state index is -0.0825. The fourth-order valence-electron chi connectivity index (χ4n) is 2.40. The van der Waals surface area contributed by atoms with Crippen LogP contribution < -0.4 is 10.5 Å². The molecule has 0 bridgehead atoms. The van der Waals surface area contributed by atoms with Crippen molar-refractivity contribution in [3.8, 4) is 0 Å². The van der Waals surface area contributed by atoms with Crippen molar-refractivity contribution in [2.75, 3.05) is 18.0 Å². The van der Waals surface area contributed by atoms with E-state index in [1.54, 1.807) is 12.3 Å². The quantitative estimate of drug-likeness (QED) is 0.856. The van der Waals surface area contributed by atoms with Crippen molar-refractivity contribution < 1.29 is 0 Å². The zero-order chi connectivity index (χ0) is 13.9. The summed E-state index contributed by atoms with van der Waals surface area (Å²) >= 11 is 1.49. The molecule has 0 aromatic carbocycles. The van der Waals surface area contributed by atoms with Crippen molar-refractivity contribution in [2.24, 2.45) is 0 Å². The van der Waals surface area contributed by atoms with E-state index in [0.29, 0.717) is 6.54 Å². The third-order valence-corrected chi connectivity index (χ3v) is 4.25. The normalized spacial score (nSPS) is 15.6. The van der Waals surface area contributed by atoms with Crippen molar-refractivity contribution in [1.82, 2.24) is 20.0 Å². The smallest absolute Gasteiger partial charge is 0.269 e. The molecule has 0 amide bonds. The molecule has 7 heteroatoms. The molecule has 2 aromatic rings. The summed E-state index contributed by atoms with van der Waals surface area (Å²) in [7, 11) is 0. The van der Waals surface area contributed by atoms with Crippen LogP contribution in [0.3, 0.4) is 0 Å². The monoisotopic (exact) mass is 291 g/mol. The second-order valence-corrected chi connectivity index (χ2v) is 6.24. The van der Waals surface area contributed by atoms with Crippen LogP contribution in [-0.4, -0.2) is 33.1 Å². The van der Waals surface area contributed by atoms with Crippen molar-refractivity contribution >= 4 is 17.0 Å². The van der Waals surface area contributed by atoms with Crippen LogP contribution in [0.25, 0.3) is 0 Å². The van der Waals surface area contributed by atoms with Gasteiger partial charge in [0.25, 0.3) is 5.56 Å². The summed E-state index contributed by atoms with van der Waals surface area (Å²) < 4.78 is 1.44. The van der Waals surface area contributed by atoms with Gasteiger partial charge in [0.15, 0.2) is 0 Å². The van der Waals surface area contributed by atoms with Crippen molar-refractivity contribution in [1.29, 1.82) is 0 Å². The van der Waals surface area contributed by atoms with Crippen LogP contribution >= 0.6 is 11.3 Å². The number of rotatable bonds is 3. The summed E-state index contributed by atoms with van der Waals surface area (Å²) in [4.78, 5) is 14.4. The summed E-state index contributed by atoms with van der Waals surface area (Å²) in [6.07, 6.45) is 5.43. The Labute approximate surface area is 121 Å². The van der Waals surface area contributed by atoms with E-state index in [4.69, 9.17) is 0 Å². The molecule has 0 spiro atoms. The Bertz CT molecular complexity index is 644. The van der Waals surface area contributed by atoms with Crippen molar-refractivity contribution in [3.05, 3.63) is 32.6 Å². The minimum absolute atomic E-state index is 0.0825. The van der Waals surface area contributed by atoms with Gasteiger partial charge in [-0.2, -0.15) is 5.10 Å². The summed E-state index contributed by atoms with van der Waals surface area (Å²) in [5.41, 5.74) is 0.848. The lowest BCUT2D eigenvalue weighted by molar-refractivity contribution is 0.571. The van der Waals surface area contributed by atoms with Gasteiger partial charge in [-0.1, -0.05) is 11.3 Å². The van der Waals surface area contributed by atoms with Crippen LogP contribution in [0.2, 0.25) is 0 Å². The number of hydrogen-bond donors (Lipinski definition) is 0. The summed E-state index contributed by atoms with van der Waals surface area (Å²) in [5, 5.41) is 13.9. The minimum Gasteiger partial charge on any atom is -0.370 e. The van der Waals surface area contributed by atoms with Gasteiger partial charge in [0.1, 0.15) is 10.0 Å². The first kappa shape index (κ1) is 13.2. The van der Waals surface area contributed by atoms with Gasteiger partial charge >= 0.3 is 0 Å². The van der Waals surface area contributed by atoms with Gasteiger partial charge in [-0.3, -0.25) is 4.79 Å². The molecule has 0 saturated carbocycles. The molecule has 6 nitrogen and oxygen atoms in total. The van der Waals surface area contributed by atoms with E-state index in [2.05, 4.69) is 20.2 Å². The highest BCUT2D eigenvalue weighted by Gasteiger charge is 2.13. The molecule has 2 aromatic heterocycles. The van der Waals surface area contributed by atoms with Crippen molar-refractivity contribution in [3.63, 3.8) is 0 Å². The number of piperidine rings is 1. The van der Waals surface area contributed by atoms with E-state index in [0.717, 1.165) is 28.8 Å². The average Bonchev–Trinajstić information content (AvgIpc) is 2.87. The van der Waals surface area contributed by atoms with Gasteiger partial charge in [0.05, 0.1) is 18.4 Å². The maximum atomic E-state index is 12.1. The van der Waals surface area contributed by atoms with Crippen LogP contribution in [0.15, 0.2) is 17.1 Å².